The zero-order valence-electron chi connectivity index (χ0n) is 7.84. The van der Waals surface area contributed by atoms with E-state index in [0.717, 1.165) is 12.3 Å². The van der Waals surface area contributed by atoms with Crippen molar-refractivity contribution in [2.45, 2.75) is 39.5 Å². The molecule has 0 nitrogen and oxygen atoms in total. The van der Waals surface area contributed by atoms with Crippen molar-refractivity contribution in [3.8, 4) is 0 Å². The molecule has 0 aliphatic rings. The van der Waals surface area contributed by atoms with E-state index in [1.807, 2.05) is 6.08 Å². The van der Waals surface area contributed by atoms with Crippen LogP contribution in [0.25, 0.3) is 0 Å². The second kappa shape index (κ2) is 7.59. The van der Waals surface area contributed by atoms with Gasteiger partial charge in [0.25, 0.3) is 0 Å². The van der Waals surface area contributed by atoms with Gasteiger partial charge in [-0.15, -0.1) is 6.58 Å². The normalized spacial score (nSPS) is 13.6. The largest absolute Gasteiger partial charge is 0.103 e. The van der Waals surface area contributed by atoms with Crippen LogP contribution in [0, 0.1) is 5.92 Å². The van der Waals surface area contributed by atoms with Gasteiger partial charge in [-0.1, -0.05) is 38.5 Å². The summed E-state index contributed by atoms with van der Waals surface area (Å²) in [5, 5.41) is 0. The molecule has 0 saturated carbocycles. The molecule has 0 bridgehead atoms. The highest BCUT2D eigenvalue weighted by Crippen LogP contribution is 2.08. The standard InChI is InChI=1S/C11H20/c1-4-6-7-8-10-11(3)9-5-2/h5,7-8,11H,2,4,6,9-10H2,1,3H3. The number of hydrogen-bond acceptors (Lipinski definition) is 0. The topological polar surface area (TPSA) is 0 Å². The summed E-state index contributed by atoms with van der Waals surface area (Å²) in [5.41, 5.74) is 0. The Labute approximate surface area is 71.0 Å². The zero-order valence-corrected chi connectivity index (χ0v) is 7.84. The van der Waals surface area contributed by atoms with Crippen LogP contribution < -0.4 is 0 Å². The molecular formula is C11H20. The van der Waals surface area contributed by atoms with E-state index in [9.17, 15) is 0 Å². The Kier molecular flexibility index (Phi) is 7.23. The van der Waals surface area contributed by atoms with Crippen molar-refractivity contribution in [2.24, 2.45) is 5.92 Å². The molecule has 0 amide bonds. The van der Waals surface area contributed by atoms with Crippen LogP contribution in [0.5, 0.6) is 0 Å². The molecule has 0 fully saturated rings. The molecule has 0 aromatic rings. The molecule has 1 atom stereocenters. The van der Waals surface area contributed by atoms with Gasteiger partial charge in [0.1, 0.15) is 0 Å². The summed E-state index contributed by atoms with van der Waals surface area (Å²) in [4.78, 5) is 0. The van der Waals surface area contributed by atoms with Crippen molar-refractivity contribution in [1.82, 2.24) is 0 Å². The maximum atomic E-state index is 3.72. The second-order valence-electron chi connectivity index (χ2n) is 3.13. The molecule has 11 heavy (non-hydrogen) atoms. The summed E-state index contributed by atoms with van der Waals surface area (Å²) < 4.78 is 0. The number of rotatable bonds is 6. The van der Waals surface area contributed by atoms with Crippen molar-refractivity contribution in [2.75, 3.05) is 0 Å². The van der Waals surface area contributed by atoms with Gasteiger partial charge >= 0.3 is 0 Å². The van der Waals surface area contributed by atoms with Crippen molar-refractivity contribution < 1.29 is 0 Å². The van der Waals surface area contributed by atoms with Gasteiger partial charge in [-0.05, 0) is 25.2 Å². The summed E-state index contributed by atoms with van der Waals surface area (Å²) in [7, 11) is 0. The van der Waals surface area contributed by atoms with Gasteiger partial charge in [0.05, 0.1) is 0 Å². The summed E-state index contributed by atoms with van der Waals surface area (Å²) in [5.74, 6) is 0.764. The minimum atomic E-state index is 0.764. The summed E-state index contributed by atoms with van der Waals surface area (Å²) in [6.45, 7) is 8.19. The van der Waals surface area contributed by atoms with E-state index in [0.29, 0.717) is 0 Å². The van der Waals surface area contributed by atoms with Crippen LogP contribution in [0.4, 0.5) is 0 Å². The molecule has 0 aromatic heterocycles. The molecule has 0 heteroatoms. The van der Waals surface area contributed by atoms with E-state index in [1.54, 1.807) is 0 Å². The highest BCUT2D eigenvalue weighted by Gasteiger charge is 1.93. The Morgan fingerprint density at radius 1 is 1.27 bits per heavy atom. The average Bonchev–Trinajstić information content (AvgIpc) is 1.99. The van der Waals surface area contributed by atoms with Crippen LogP contribution in [0.15, 0.2) is 24.8 Å². The molecule has 1 unspecified atom stereocenters. The van der Waals surface area contributed by atoms with Gasteiger partial charge in [0, 0.05) is 0 Å². The SMILES string of the molecule is C=CCC(C)CC=CCCC. The van der Waals surface area contributed by atoms with Crippen LogP contribution in [0.1, 0.15) is 39.5 Å². The first-order valence-corrected chi connectivity index (χ1v) is 4.57. The Bertz CT molecular complexity index is 111. The summed E-state index contributed by atoms with van der Waals surface area (Å²) in [6.07, 6.45) is 11.4. The minimum absolute atomic E-state index is 0.764. The molecule has 0 spiro atoms. The maximum absolute atomic E-state index is 3.72. The lowest BCUT2D eigenvalue weighted by Crippen LogP contribution is -1.88. The van der Waals surface area contributed by atoms with Gasteiger partial charge in [0.15, 0.2) is 0 Å². The van der Waals surface area contributed by atoms with E-state index in [4.69, 9.17) is 0 Å². The second-order valence-corrected chi connectivity index (χ2v) is 3.13. The van der Waals surface area contributed by atoms with Gasteiger partial charge in [0.2, 0.25) is 0 Å². The van der Waals surface area contributed by atoms with Crippen molar-refractivity contribution in [1.29, 1.82) is 0 Å². The molecule has 0 rings (SSSR count). The van der Waals surface area contributed by atoms with Crippen LogP contribution >= 0.6 is 0 Å². The molecule has 64 valence electrons. The third-order valence-corrected chi connectivity index (χ3v) is 1.73. The highest BCUT2D eigenvalue weighted by atomic mass is 14.0. The first-order chi connectivity index (χ1) is 5.31. The molecular weight excluding hydrogens is 132 g/mol. The number of unbranched alkanes of at least 4 members (excludes halogenated alkanes) is 1. The van der Waals surface area contributed by atoms with Crippen molar-refractivity contribution >= 4 is 0 Å². The van der Waals surface area contributed by atoms with Gasteiger partial charge in [-0.2, -0.15) is 0 Å². The molecule has 0 aliphatic carbocycles. The van der Waals surface area contributed by atoms with Crippen molar-refractivity contribution in [3.63, 3.8) is 0 Å². The third-order valence-electron chi connectivity index (χ3n) is 1.73. The first kappa shape index (κ1) is 10.5. The lowest BCUT2D eigenvalue weighted by atomic mass is 10.0. The number of allylic oxidation sites excluding steroid dienone is 3. The predicted octanol–water partition coefficient (Wildman–Crippen LogP) is 3.95. The lowest BCUT2D eigenvalue weighted by molar-refractivity contribution is 0.602. The van der Waals surface area contributed by atoms with E-state index >= 15 is 0 Å². The summed E-state index contributed by atoms with van der Waals surface area (Å²) >= 11 is 0. The monoisotopic (exact) mass is 152 g/mol. The molecule has 0 aromatic carbocycles. The predicted molar refractivity (Wildman–Crippen MR) is 52.6 cm³/mol. The molecule has 0 N–H and O–H groups in total. The van der Waals surface area contributed by atoms with Crippen LogP contribution in [0.3, 0.4) is 0 Å². The Hall–Kier alpha value is -0.520. The van der Waals surface area contributed by atoms with Crippen LogP contribution in [-0.4, -0.2) is 0 Å². The molecule has 0 aliphatic heterocycles. The first-order valence-electron chi connectivity index (χ1n) is 4.57. The van der Waals surface area contributed by atoms with Crippen LogP contribution in [0.2, 0.25) is 0 Å². The average molecular weight is 152 g/mol. The third kappa shape index (κ3) is 7.38. The highest BCUT2D eigenvalue weighted by molar-refractivity contribution is 4.84. The zero-order chi connectivity index (χ0) is 8.53. The van der Waals surface area contributed by atoms with E-state index < -0.39 is 0 Å². The van der Waals surface area contributed by atoms with Crippen molar-refractivity contribution in [3.05, 3.63) is 24.8 Å². The van der Waals surface area contributed by atoms with E-state index in [2.05, 4.69) is 32.6 Å². The quantitative estimate of drug-likeness (QED) is 0.506. The Balaban J connectivity index is 3.28. The Morgan fingerprint density at radius 3 is 2.55 bits per heavy atom. The summed E-state index contributed by atoms with van der Waals surface area (Å²) in [6, 6.07) is 0. The maximum Gasteiger partial charge on any atom is -0.0322 e. The molecule has 0 heterocycles. The Morgan fingerprint density at radius 2 is 2.00 bits per heavy atom. The fraction of sp³-hybridized carbons (Fsp3) is 0.636. The minimum Gasteiger partial charge on any atom is -0.103 e. The molecule has 0 saturated heterocycles. The fourth-order valence-corrected chi connectivity index (χ4v) is 0.994. The van der Waals surface area contributed by atoms with Gasteiger partial charge in [-0.25, -0.2) is 0 Å². The fourth-order valence-electron chi connectivity index (χ4n) is 0.994. The van der Waals surface area contributed by atoms with Gasteiger partial charge < -0.3 is 0 Å². The van der Waals surface area contributed by atoms with Crippen LogP contribution in [-0.2, 0) is 0 Å². The van der Waals surface area contributed by atoms with Gasteiger partial charge in [-0.3, -0.25) is 0 Å². The molecule has 0 radical (unpaired) electrons. The van der Waals surface area contributed by atoms with E-state index in [1.165, 1.54) is 19.3 Å². The lowest BCUT2D eigenvalue weighted by Gasteiger charge is -2.02. The smallest absolute Gasteiger partial charge is 0.0322 e. The van der Waals surface area contributed by atoms with E-state index in [-0.39, 0.29) is 0 Å². The number of hydrogen-bond donors (Lipinski definition) is 0.